The van der Waals surface area contributed by atoms with Crippen LogP contribution in [0.25, 0.3) is 0 Å². The van der Waals surface area contributed by atoms with Crippen molar-refractivity contribution in [2.75, 3.05) is 20.0 Å². The average molecular weight is 405 g/mol. The Morgan fingerprint density at radius 2 is 1.61 bits per heavy atom. The molecule has 2 N–H and O–H groups in total. The van der Waals surface area contributed by atoms with E-state index in [2.05, 4.69) is 9.47 Å². The SMILES string of the molecule is COC(=O)c1sc(N)c(C(=O)OC)c1COC(=O)CCC(=O)c1ccccc1. The van der Waals surface area contributed by atoms with Crippen LogP contribution < -0.4 is 5.73 Å². The Balaban J connectivity index is 2.06. The lowest BCUT2D eigenvalue weighted by Crippen LogP contribution is -2.13. The summed E-state index contributed by atoms with van der Waals surface area (Å²) in [5.74, 6) is -2.31. The molecule has 28 heavy (non-hydrogen) atoms. The van der Waals surface area contributed by atoms with Crippen LogP contribution in [0.5, 0.6) is 0 Å². The number of carbonyl (C=O) groups is 4. The number of hydrogen-bond donors (Lipinski definition) is 1. The van der Waals surface area contributed by atoms with Crippen molar-refractivity contribution >= 4 is 40.0 Å². The van der Waals surface area contributed by atoms with Gasteiger partial charge >= 0.3 is 17.9 Å². The second-order valence-corrected chi connectivity index (χ2v) is 6.63. The van der Waals surface area contributed by atoms with Gasteiger partial charge in [0, 0.05) is 17.5 Å². The van der Waals surface area contributed by atoms with Gasteiger partial charge < -0.3 is 19.9 Å². The fourth-order valence-electron chi connectivity index (χ4n) is 2.41. The van der Waals surface area contributed by atoms with Crippen molar-refractivity contribution in [3.05, 3.63) is 51.9 Å². The molecule has 0 aliphatic rings. The maximum Gasteiger partial charge on any atom is 0.348 e. The minimum absolute atomic E-state index is 0.0255. The number of methoxy groups -OCH3 is 2. The van der Waals surface area contributed by atoms with Gasteiger partial charge in [-0.1, -0.05) is 30.3 Å². The molecule has 1 heterocycles. The Morgan fingerprint density at radius 1 is 0.964 bits per heavy atom. The van der Waals surface area contributed by atoms with Crippen LogP contribution in [-0.4, -0.2) is 37.9 Å². The summed E-state index contributed by atoms with van der Waals surface area (Å²) in [5.41, 5.74) is 6.38. The molecule has 0 saturated heterocycles. The smallest absolute Gasteiger partial charge is 0.348 e. The Morgan fingerprint density at radius 3 is 2.21 bits per heavy atom. The standard InChI is InChI=1S/C19H19NO7S/c1-25-18(23)15-12(16(19(24)26-2)28-17(15)20)10-27-14(22)9-8-13(21)11-6-4-3-5-7-11/h3-7H,8-10,20H2,1-2H3. The van der Waals surface area contributed by atoms with Gasteiger partial charge in [0.2, 0.25) is 0 Å². The Labute approximate surface area is 165 Å². The van der Waals surface area contributed by atoms with Crippen molar-refractivity contribution in [2.45, 2.75) is 19.4 Å². The molecule has 0 atom stereocenters. The molecule has 0 aliphatic carbocycles. The van der Waals surface area contributed by atoms with E-state index >= 15 is 0 Å². The molecule has 0 amide bonds. The quantitative estimate of drug-likeness (QED) is 0.404. The second kappa shape index (κ2) is 9.65. The van der Waals surface area contributed by atoms with Gasteiger partial charge in [0.25, 0.3) is 0 Å². The predicted molar refractivity (Wildman–Crippen MR) is 101 cm³/mol. The molecule has 0 radical (unpaired) electrons. The molecule has 1 aromatic carbocycles. The highest BCUT2D eigenvalue weighted by Gasteiger charge is 2.28. The number of hydrogen-bond acceptors (Lipinski definition) is 9. The molecule has 0 fully saturated rings. The molecule has 0 aliphatic heterocycles. The summed E-state index contributed by atoms with van der Waals surface area (Å²) in [6.07, 6.45) is -0.170. The van der Waals surface area contributed by atoms with E-state index in [-0.39, 0.29) is 46.2 Å². The van der Waals surface area contributed by atoms with E-state index in [0.717, 1.165) is 11.3 Å². The molecule has 8 nitrogen and oxygen atoms in total. The first-order valence-corrected chi connectivity index (χ1v) is 9.02. The maximum atomic E-state index is 12.0. The van der Waals surface area contributed by atoms with Gasteiger partial charge in [0.1, 0.15) is 22.0 Å². The van der Waals surface area contributed by atoms with Crippen LogP contribution in [0.1, 0.15) is 48.8 Å². The van der Waals surface area contributed by atoms with Gasteiger partial charge in [0.05, 0.1) is 20.6 Å². The zero-order valence-electron chi connectivity index (χ0n) is 15.4. The van der Waals surface area contributed by atoms with Crippen LogP contribution >= 0.6 is 11.3 Å². The molecule has 9 heteroatoms. The Hall–Kier alpha value is -3.20. The number of carbonyl (C=O) groups excluding carboxylic acids is 4. The molecule has 0 bridgehead atoms. The molecule has 0 spiro atoms. The molecule has 0 unspecified atom stereocenters. The zero-order chi connectivity index (χ0) is 20.7. The summed E-state index contributed by atoms with van der Waals surface area (Å²) in [5, 5.41) is 0.0533. The highest BCUT2D eigenvalue weighted by Crippen LogP contribution is 2.33. The monoisotopic (exact) mass is 405 g/mol. The Kier molecular flexibility index (Phi) is 7.28. The summed E-state index contributed by atoms with van der Waals surface area (Å²) in [7, 11) is 2.35. The molecular formula is C19H19NO7S. The van der Waals surface area contributed by atoms with Gasteiger partial charge in [-0.2, -0.15) is 0 Å². The molecular weight excluding hydrogens is 386 g/mol. The molecule has 148 valence electrons. The van der Waals surface area contributed by atoms with E-state index in [1.54, 1.807) is 30.3 Å². The number of Topliss-reactive ketones (excluding diaryl/α,β-unsaturated/α-hetero) is 1. The molecule has 1 aromatic heterocycles. The molecule has 0 saturated carbocycles. The second-order valence-electron chi connectivity index (χ2n) is 5.58. The fraction of sp³-hybridized carbons (Fsp3) is 0.263. The molecule has 2 aromatic rings. The van der Waals surface area contributed by atoms with Crippen molar-refractivity contribution in [1.82, 2.24) is 0 Å². The maximum absolute atomic E-state index is 12.0. The molecule has 2 rings (SSSR count). The highest BCUT2D eigenvalue weighted by atomic mass is 32.1. The lowest BCUT2D eigenvalue weighted by Gasteiger charge is -2.08. The first kappa shape index (κ1) is 21.1. The zero-order valence-corrected chi connectivity index (χ0v) is 16.2. The van der Waals surface area contributed by atoms with E-state index in [0.29, 0.717) is 5.56 Å². The van der Waals surface area contributed by atoms with Crippen LogP contribution in [-0.2, 0) is 25.6 Å². The van der Waals surface area contributed by atoms with Crippen molar-refractivity contribution in [3.63, 3.8) is 0 Å². The van der Waals surface area contributed by atoms with Gasteiger partial charge in [-0.15, -0.1) is 11.3 Å². The van der Waals surface area contributed by atoms with Crippen LogP contribution in [0, 0.1) is 0 Å². The number of rotatable bonds is 8. The van der Waals surface area contributed by atoms with Crippen molar-refractivity contribution in [1.29, 1.82) is 0 Å². The van der Waals surface area contributed by atoms with E-state index in [9.17, 15) is 19.2 Å². The number of nitrogens with two attached hydrogens (primary N) is 1. The summed E-state index contributed by atoms with van der Waals surface area (Å²) in [6, 6.07) is 8.57. The minimum atomic E-state index is -0.755. The van der Waals surface area contributed by atoms with Crippen LogP contribution in [0.4, 0.5) is 5.00 Å². The lowest BCUT2D eigenvalue weighted by atomic mass is 10.1. The third-order valence-corrected chi connectivity index (χ3v) is 4.87. The number of ether oxygens (including phenoxy) is 3. The largest absolute Gasteiger partial charge is 0.465 e. The normalized spacial score (nSPS) is 10.2. The van der Waals surface area contributed by atoms with Crippen molar-refractivity contribution in [3.8, 4) is 0 Å². The third kappa shape index (κ3) is 4.95. The van der Waals surface area contributed by atoms with E-state index in [4.69, 9.17) is 10.5 Å². The Bertz CT molecular complexity index is 889. The van der Waals surface area contributed by atoms with Crippen LogP contribution in [0.15, 0.2) is 30.3 Å². The van der Waals surface area contributed by atoms with E-state index < -0.39 is 17.9 Å². The fourth-order valence-corrected chi connectivity index (χ4v) is 3.39. The topological polar surface area (TPSA) is 122 Å². The predicted octanol–water partition coefficient (Wildman–Crippen LogP) is 2.61. The summed E-state index contributed by atoms with van der Waals surface area (Å²) in [6.45, 7) is -0.374. The first-order valence-electron chi connectivity index (χ1n) is 8.20. The lowest BCUT2D eigenvalue weighted by molar-refractivity contribution is -0.144. The number of anilines is 1. The number of nitrogen functional groups attached to an aromatic ring is 1. The highest BCUT2D eigenvalue weighted by molar-refractivity contribution is 7.18. The van der Waals surface area contributed by atoms with Crippen LogP contribution in [0.3, 0.4) is 0 Å². The van der Waals surface area contributed by atoms with Gasteiger partial charge in [-0.25, -0.2) is 9.59 Å². The van der Waals surface area contributed by atoms with Crippen molar-refractivity contribution in [2.24, 2.45) is 0 Å². The number of ketones is 1. The van der Waals surface area contributed by atoms with E-state index in [1.165, 1.54) is 14.2 Å². The average Bonchev–Trinajstić information content (AvgIpc) is 3.05. The summed E-state index contributed by atoms with van der Waals surface area (Å²) < 4.78 is 14.5. The third-order valence-electron chi connectivity index (χ3n) is 3.82. The van der Waals surface area contributed by atoms with Crippen molar-refractivity contribution < 1.29 is 33.4 Å². The summed E-state index contributed by atoms with van der Waals surface area (Å²) in [4.78, 5) is 48.0. The van der Waals surface area contributed by atoms with Gasteiger partial charge in [-0.3, -0.25) is 9.59 Å². The number of benzene rings is 1. The summed E-state index contributed by atoms with van der Waals surface area (Å²) >= 11 is 0.842. The van der Waals surface area contributed by atoms with Gasteiger partial charge in [-0.05, 0) is 0 Å². The van der Waals surface area contributed by atoms with Crippen LogP contribution in [0.2, 0.25) is 0 Å². The number of esters is 3. The first-order chi connectivity index (χ1) is 13.4. The number of thiophene rings is 1. The van der Waals surface area contributed by atoms with Gasteiger partial charge in [0.15, 0.2) is 5.78 Å². The minimum Gasteiger partial charge on any atom is -0.465 e. The van der Waals surface area contributed by atoms with E-state index in [1.807, 2.05) is 0 Å².